The predicted molar refractivity (Wildman–Crippen MR) is 65.1 cm³/mol. The highest BCUT2D eigenvalue weighted by Gasteiger charge is 2.43. The Bertz CT molecular complexity index is 391. The van der Waals surface area contributed by atoms with E-state index >= 15 is 0 Å². The van der Waals surface area contributed by atoms with Gasteiger partial charge < -0.3 is 5.73 Å². The minimum Gasteiger partial charge on any atom is -0.330 e. The van der Waals surface area contributed by atoms with Crippen molar-refractivity contribution in [3.05, 3.63) is 35.4 Å². The first-order valence-electron chi connectivity index (χ1n) is 6.11. The van der Waals surface area contributed by atoms with Gasteiger partial charge in [-0.1, -0.05) is 38.1 Å². The number of hydrogen-bond donors (Lipinski definition) is 1. The van der Waals surface area contributed by atoms with E-state index in [1.807, 2.05) is 12.1 Å². The Hall–Kier alpha value is -0.960. The zero-order chi connectivity index (χ0) is 12.7. The molecular weight excluding hydrogens is 220 g/mol. The Morgan fingerprint density at radius 1 is 1.24 bits per heavy atom. The fraction of sp³-hybridized carbons (Fsp3) is 0.571. The monoisotopic (exact) mass is 239 g/mol. The summed E-state index contributed by atoms with van der Waals surface area (Å²) in [5.74, 6) is -3.43. The largest absolute Gasteiger partial charge is 0.330 e. The molecule has 0 atom stereocenters. The molecule has 3 heteroatoms. The van der Waals surface area contributed by atoms with Gasteiger partial charge in [0.15, 0.2) is 0 Å². The van der Waals surface area contributed by atoms with Gasteiger partial charge in [0.1, 0.15) is 0 Å². The number of benzene rings is 1. The van der Waals surface area contributed by atoms with Gasteiger partial charge in [-0.25, -0.2) is 8.78 Å². The van der Waals surface area contributed by atoms with Crippen molar-refractivity contribution in [1.29, 1.82) is 0 Å². The Labute approximate surface area is 101 Å². The topological polar surface area (TPSA) is 26.0 Å². The lowest BCUT2D eigenvalue weighted by Gasteiger charge is -2.22. The van der Waals surface area contributed by atoms with Crippen molar-refractivity contribution in [2.45, 2.75) is 38.0 Å². The molecule has 1 saturated carbocycles. The van der Waals surface area contributed by atoms with Crippen LogP contribution in [-0.2, 0) is 11.3 Å². The molecule has 2 N–H and O–H groups in total. The summed E-state index contributed by atoms with van der Waals surface area (Å²) in [5.41, 5.74) is 7.00. The summed E-state index contributed by atoms with van der Waals surface area (Å²) >= 11 is 0. The molecule has 1 aliphatic carbocycles. The summed E-state index contributed by atoms with van der Waals surface area (Å²) < 4.78 is 27.6. The quantitative estimate of drug-likeness (QED) is 0.856. The molecule has 0 spiro atoms. The lowest BCUT2D eigenvalue weighted by molar-refractivity contribution is -0.0514. The van der Waals surface area contributed by atoms with Gasteiger partial charge in [-0.3, -0.25) is 0 Å². The summed E-state index contributed by atoms with van der Waals surface area (Å²) in [6.45, 7) is 3.68. The molecular formula is C14H19F2N. The predicted octanol–water partition coefficient (Wildman–Crippen LogP) is 3.42. The first-order valence-corrected chi connectivity index (χ1v) is 6.11. The zero-order valence-corrected chi connectivity index (χ0v) is 10.3. The van der Waals surface area contributed by atoms with E-state index in [1.54, 1.807) is 12.1 Å². The summed E-state index contributed by atoms with van der Waals surface area (Å²) in [6.07, 6.45) is 2.15. The molecule has 0 saturated heterocycles. The van der Waals surface area contributed by atoms with Gasteiger partial charge in [0.2, 0.25) is 0 Å². The zero-order valence-electron chi connectivity index (χ0n) is 10.3. The molecule has 0 aromatic heterocycles. The van der Waals surface area contributed by atoms with Crippen molar-refractivity contribution in [1.82, 2.24) is 0 Å². The van der Waals surface area contributed by atoms with E-state index in [1.165, 1.54) is 13.8 Å². The van der Waals surface area contributed by atoms with Gasteiger partial charge in [0, 0.05) is 23.4 Å². The maximum atomic E-state index is 13.8. The molecule has 0 aliphatic heterocycles. The fourth-order valence-corrected chi connectivity index (χ4v) is 2.14. The normalized spacial score (nSPS) is 18.5. The highest BCUT2D eigenvalue weighted by Crippen LogP contribution is 2.47. The van der Waals surface area contributed by atoms with E-state index in [4.69, 9.17) is 5.73 Å². The van der Waals surface area contributed by atoms with Crippen LogP contribution in [0.25, 0.3) is 0 Å². The standard InChI is InChI=1S/C14H19F2N/c1-10(2)14(15,16)12-5-3-11(4-6-12)13(9-17)7-8-13/h3-6,10H,7-9,17H2,1-2H3. The molecule has 1 nitrogen and oxygen atoms in total. The van der Waals surface area contributed by atoms with Crippen LogP contribution in [0.2, 0.25) is 0 Å². The van der Waals surface area contributed by atoms with Crippen LogP contribution < -0.4 is 5.73 Å². The second-order valence-electron chi connectivity index (χ2n) is 5.34. The second kappa shape index (κ2) is 4.05. The van der Waals surface area contributed by atoms with Crippen LogP contribution in [0.15, 0.2) is 24.3 Å². The van der Waals surface area contributed by atoms with Crippen LogP contribution in [0.3, 0.4) is 0 Å². The van der Waals surface area contributed by atoms with Gasteiger partial charge in [0.05, 0.1) is 0 Å². The molecule has 0 amide bonds. The average molecular weight is 239 g/mol. The second-order valence-corrected chi connectivity index (χ2v) is 5.34. The van der Waals surface area contributed by atoms with Gasteiger partial charge in [-0.15, -0.1) is 0 Å². The van der Waals surface area contributed by atoms with Gasteiger partial charge in [-0.2, -0.15) is 0 Å². The Kier molecular flexibility index (Phi) is 2.98. The lowest BCUT2D eigenvalue weighted by Crippen LogP contribution is -2.22. The lowest BCUT2D eigenvalue weighted by atomic mass is 9.92. The van der Waals surface area contributed by atoms with E-state index in [0.717, 1.165) is 18.4 Å². The Morgan fingerprint density at radius 3 is 2.12 bits per heavy atom. The first kappa shape index (κ1) is 12.5. The highest BCUT2D eigenvalue weighted by molar-refractivity contribution is 5.35. The van der Waals surface area contributed by atoms with E-state index in [-0.39, 0.29) is 11.0 Å². The van der Waals surface area contributed by atoms with Crippen molar-refractivity contribution in [2.75, 3.05) is 6.54 Å². The summed E-state index contributed by atoms with van der Waals surface area (Å²) in [7, 11) is 0. The molecule has 1 aliphatic rings. The Morgan fingerprint density at radius 2 is 1.76 bits per heavy atom. The van der Waals surface area contributed by atoms with Gasteiger partial charge >= 0.3 is 0 Å². The minimum absolute atomic E-state index is 0.0750. The number of hydrogen-bond acceptors (Lipinski definition) is 1. The van der Waals surface area contributed by atoms with Crippen LogP contribution in [0, 0.1) is 5.92 Å². The number of alkyl halides is 2. The van der Waals surface area contributed by atoms with E-state index in [9.17, 15) is 8.78 Å². The van der Waals surface area contributed by atoms with Crippen LogP contribution in [0.5, 0.6) is 0 Å². The maximum absolute atomic E-state index is 13.8. The van der Waals surface area contributed by atoms with Crippen molar-refractivity contribution < 1.29 is 8.78 Å². The fourth-order valence-electron chi connectivity index (χ4n) is 2.14. The third kappa shape index (κ3) is 2.08. The van der Waals surface area contributed by atoms with E-state index in [2.05, 4.69) is 0 Å². The van der Waals surface area contributed by atoms with Crippen molar-refractivity contribution in [3.63, 3.8) is 0 Å². The van der Waals surface area contributed by atoms with Crippen molar-refractivity contribution >= 4 is 0 Å². The SMILES string of the molecule is CC(C)C(F)(F)c1ccc(C2(CN)CC2)cc1. The van der Waals surface area contributed by atoms with Gasteiger partial charge in [-0.05, 0) is 18.4 Å². The van der Waals surface area contributed by atoms with E-state index in [0.29, 0.717) is 6.54 Å². The maximum Gasteiger partial charge on any atom is 0.275 e. The molecule has 0 bridgehead atoms. The molecule has 1 aromatic rings. The third-order valence-corrected chi connectivity index (χ3v) is 3.85. The van der Waals surface area contributed by atoms with Crippen molar-refractivity contribution in [3.8, 4) is 0 Å². The molecule has 2 rings (SSSR count). The molecule has 0 unspecified atom stereocenters. The molecule has 94 valence electrons. The van der Waals surface area contributed by atoms with E-state index < -0.39 is 11.8 Å². The van der Waals surface area contributed by atoms with Crippen molar-refractivity contribution in [2.24, 2.45) is 11.7 Å². The summed E-state index contributed by atoms with van der Waals surface area (Å²) in [4.78, 5) is 0. The number of rotatable bonds is 4. The van der Waals surface area contributed by atoms with Gasteiger partial charge in [0.25, 0.3) is 5.92 Å². The summed E-state index contributed by atoms with van der Waals surface area (Å²) in [5, 5.41) is 0. The number of nitrogens with two attached hydrogens (primary N) is 1. The van der Waals surface area contributed by atoms with Crippen LogP contribution >= 0.6 is 0 Å². The van der Waals surface area contributed by atoms with Crippen LogP contribution in [0.1, 0.15) is 37.8 Å². The molecule has 0 heterocycles. The first-order chi connectivity index (χ1) is 7.92. The highest BCUT2D eigenvalue weighted by atomic mass is 19.3. The third-order valence-electron chi connectivity index (χ3n) is 3.85. The Balaban J connectivity index is 2.25. The summed E-state index contributed by atoms with van der Waals surface area (Å²) in [6, 6.07) is 6.72. The van der Waals surface area contributed by atoms with Crippen LogP contribution in [0.4, 0.5) is 8.78 Å². The number of halogens is 2. The average Bonchev–Trinajstić information content (AvgIpc) is 3.10. The molecule has 17 heavy (non-hydrogen) atoms. The van der Waals surface area contributed by atoms with Crippen LogP contribution in [-0.4, -0.2) is 6.54 Å². The molecule has 1 fully saturated rings. The molecule has 0 radical (unpaired) electrons. The minimum atomic E-state index is -2.75. The smallest absolute Gasteiger partial charge is 0.275 e. The molecule has 1 aromatic carbocycles.